The van der Waals surface area contributed by atoms with Crippen LogP contribution < -0.4 is 5.32 Å². The summed E-state index contributed by atoms with van der Waals surface area (Å²) in [5.41, 5.74) is -0.0607. The molecule has 2 heterocycles. The van der Waals surface area contributed by atoms with E-state index >= 15 is 0 Å². The van der Waals surface area contributed by atoms with Crippen LogP contribution in [0.15, 0.2) is 0 Å². The molecule has 3 rings (SSSR count). The summed E-state index contributed by atoms with van der Waals surface area (Å²) < 4.78 is 5.99. The molecule has 4 nitrogen and oxygen atoms in total. The number of carbonyl (C=O) groups is 1. The van der Waals surface area contributed by atoms with Crippen LogP contribution in [0.1, 0.15) is 51.4 Å². The predicted molar refractivity (Wildman–Crippen MR) is 74.0 cm³/mol. The van der Waals surface area contributed by atoms with Gasteiger partial charge in [-0.15, -0.1) is 0 Å². The van der Waals surface area contributed by atoms with Gasteiger partial charge in [0.2, 0.25) is 5.91 Å². The molecule has 0 radical (unpaired) electrons. The molecule has 3 aliphatic rings. The summed E-state index contributed by atoms with van der Waals surface area (Å²) >= 11 is 0. The molecule has 1 unspecified atom stereocenters. The Morgan fingerprint density at radius 2 is 1.95 bits per heavy atom. The number of carbonyl (C=O) groups excluding carboxylic acids is 1. The Morgan fingerprint density at radius 3 is 2.79 bits per heavy atom. The molecule has 2 aliphatic heterocycles. The van der Waals surface area contributed by atoms with Crippen molar-refractivity contribution in [1.29, 1.82) is 0 Å². The molecule has 1 atom stereocenters. The van der Waals surface area contributed by atoms with Gasteiger partial charge in [0.1, 0.15) is 6.61 Å². The topological polar surface area (TPSA) is 41.6 Å². The Kier molecular flexibility index (Phi) is 4.08. The molecule has 1 saturated carbocycles. The van der Waals surface area contributed by atoms with Crippen molar-refractivity contribution in [1.82, 2.24) is 10.2 Å². The molecule has 1 N–H and O–H groups in total. The third-order valence-corrected chi connectivity index (χ3v) is 5.04. The number of ether oxygens (including phenoxy) is 1. The standard InChI is InChI=1S/C15H26N2O2/c18-14-11-19-15(7-4-9-16-10-8-15)12-17(14)13-5-2-1-3-6-13/h13,16H,1-12H2. The highest BCUT2D eigenvalue weighted by molar-refractivity contribution is 5.78. The number of nitrogens with zero attached hydrogens (tertiary/aromatic N) is 1. The molecular formula is C15H26N2O2. The summed E-state index contributed by atoms with van der Waals surface area (Å²) in [6, 6.07) is 0.484. The maximum atomic E-state index is 12.2. The van der Waals surface area contributed by atoms with Gasteiger partial charge >= 0.3 is 0 Å². The molecule has 0 bridgehead atoms. The minimum Gasteiger partial charge on any atom is -0.363 e. The van der Waals surface area contributed by atoms with E-state index in [0.717, 1.165) is 38.9 Å². The van der Waals surface area contributed by atoms with Gasteiger partial charge in [-0.05, 0) is 45.2 Å². The Balaban J connectivity index is 1.70. The van der Waals surface area contributed by atoms with Crippen LogP contribution in [0, 0.1) is 0 Å². The van der Waals surface area contributed by atoms with Gasteiger partial charge in [-0.3, -0.25) is 4.79 Å². The Morgan fingerprint density at radius 1 is 1.11 bits per heavy atom. The normalized spacial score (nSPS) is 34.5. The molecule has 2 saturated heterocycles. The number of hydrogen-bond donors (Lipinski definition) is 1. The van der Waals surface area contributed by atoms with Gasteiger partial charge in [-0.25, -0.2) is 0 Å². The van der Waals surface area contributed by atoms with Gasteiger partial charge in [0.25, 0.3) is 0 Å². The van der Waals surface area contributed by atoms with E-state index in [1.54, 1.807) is 0 Å². The van der Waals surface area contributed by atoms with Gasteiger partial charge in [0, 0.05) is 6.04 Å². The molecule has 0 aromatic carbocycles. The highest BCUT2D eigenvalue weighted by Crippen LogP contribution is 2.32. The summed E-state index contributed by atoms with van der Waals surface area (Å²) in [7, 11) is 0. The van der Waals surface area contributed by atoms with Crippen molar-refractivity contribution < 1.29 is 9.53 Å². The molecule has 0 aromatic heterocycles. The second-order valence-corrected chi connectivity index (χ2v) is 6.39. The number of hydrogen-bond acceptors (Lipinski definition) is 3. The van der Waals surface area contributed by atoms with E-state index in [9.17, 15) is 4.79 Å². The highest BCUT2D eigenvalue weighted by Gasteiger charge is 2.42. The molecule has 4 heteroatoms. The van der Waals surface area contributed by atoms with E-state index < -0.39 is 0 Å². The van der Waals surface area contributed by atoms with Crippen molar-refractivity contribution in [3.05, 3.63) is 0 Å². The van der Waals surface area contributed by atoms with Gasteiger partial charge < -0.3 is 15.0 Å². The summed E-state index contributed by atoms with van der Waals surface area (Å²) in [4.78, 5) is 14.4. The SMILES string of the molecule is O=C1COC2(CCCNCC2)CN1C1CCCCC1. The predicted octanol–water partition coefficient (Wildman–Crippen LogP) is 1.69. The fraction of sp³-hybridized carbons (Fsp3) is 0.933. The molecule has 1 aliphatic carbocycles. The fourth-order valence-corrected chi connectivity index (χ4v) is 3.87. The van der Waals surface area contributed by atoms with Crippen molar-refractivity contribution in [3.8, 4) is 0 Å². The van der Waals surface area contributed by atoms with Crippen LogP contribution in [0.3, 0.4) is 0 Å². The summed E-state index contributed by atoms with van der Waals surface area (Å²) in [5, 5.41) is 3.44. The smallest absolute Gasteiger partial charge is 0.248 e. The van der Waals surface area contributed by atoms with Crippen molar-refractivity contribution in [2.24, 2.45) is 0 Å². The van der Waals surface area contributed by atoms with E-state index in [-0.39, 0.29) is 11.5 Å². The first-order valence-electron chi connectivity index (χ1n) is 7.93. The van der Waals surface area contributed by atoms with E-state index in [0.29, 0.717) is 12.6 Å². The van der Waals surface area contributed by atoms with Crippen molar-refractivity contribution in [2.75, 3.05) is 26.2 Å². The largest absolute Gasteiger partial charge is 0.363 e. The third-order valence-electron chi connectivity index (χ3n) is 5.04. The molecule has 3 fully saturated rings. The van der Waals surface area contributed by atoms with E-state index in [1.807, 2.05) is 0 Å². The summed E-state index contributed by atoms with van der Waals surface area (Å²) in [5.74, 6) is 0.217. The quantitative estimate of drug-likeness (QED) is 0.785. The fourth-order valence-electron chi connectivity index (χ4n) is 3.87. The number of nitrogens with one attached hydrogen (secondary N) is 1. The average molecular weight is 266 g/mol. The van der Waals surface area contributed by atoms with Gasteiger partial charge in [-0.2, -0.15) is 0 Å². The van der Waals surface area contributed by atoms with Gasteiger partial charge in [-0.1, -0.05) is 19.3 Å². The van der Waals surface area contributed by atoms with Crippen LogP contribution >= 0.6 is 0 Å². The van der Waals surface area contributed by atoms with Crippen LogP contribution in [0.2, 0.25) is 0 Å². The second-order valence-electron chi connectivity index (χ2n) is 6.39. The van der Waals surface area contributed by atoms with Crippen LogP contribution in [0.5, 0.6) is 0 Å². The zero-order chi connectivity index (χ0) is 13.1. The molecule has 108 valence electrons. The van der Waals surface area contributed by atoms with Crippen LogP contribution in [0.4, 0.5) is 0 Å². The maximum absolute atomic E-state index is 12.2. The highest BCUT2D eigenvalue weighted by atomic mass is 16.5. The lowest BCUT2D eigenvalue weighted by atomic mass is 9.88. The zero-order valence-corrected chi connectivity index (χ0v) is 11.8. The van der Waals surface area contributed by atoms with Crippen molar-refractivity contribution in [3.63, 3.8) is 0 Å². The lowest BCUT2D eigenvalue weighted by Gasteiger charge is -2.46. The number of rotatable bonds is 1. The van der Waals surface area contributed by atoms with E-state index in [2.05, 4.69) is 10.2 Å². The van der Waals surface area contributed by atoms with Gasteiger partial charge in [0.15, 0.2) is 0 Å². The maximum Gasteiger partial charge on any atom is 0.248 e. The van der Waals surface area contributed by atoms with Crippen LogP contribution in [-0.4, -0.2) is 48.7 Å². The lowest BCUT2D eigenvalue weighted by molar-refractivity contribution is -0.170. The summed E-state index contributed by atoms with van der Waals surface area (Å²) in [6.45, 7) is 3.24. The molecule has 1 amide bonds. The second kappa shape index (κ2) is 5.80. The molecule has 0 aromatic rings. The zero-order valence-electron chi connectivity index (χ0n) is 11.8. The Hall–Kier alpha value is -0.610. The van der Waals surface area contributed by atoms with Crippen molar-refractivity contribution in [2.45, 2.75) is 63.0 Å². The first-order valence-corrected chi connectivity index (χ1v) is 7.93. The summed E-state index contributed by atoms with van der Waals surface area (Å²) in [6.07, 6.45) is 9.59. The number of morpholine rings is 1. The molecule has 1 spiro atoms. The monoisotopic (exact) mass is 266 g/mol. The Labute approximate surface area is 115 Å². The Bertz CT molecular complexity index is 318. The van der Waals surface area contributed by atoms with E-state index in [4.69, 9.17) is 4.74 Å². The van der Waals surface area contributed by atoms with Crippen molar-refractivity contribution >= 4 is 5.91 Å². The lowest BCUT2D eigenvalue weighted by Crippen LogP contribution is -2.58. The average Bonchev–Trinajstić information content (AvgIpc) is 2.69. The third kappa shape index (κ3) is 2.95. The van der Waals surface area contributed by atoms with E-state index in [1.165, 1.54) is 32.1 Å². The first kappa shape index (κ1) is 13.4. The minimum atomic E-state index is -0.0607. The van der Waals surface area contributed by atoms with Crippen LogP contribution in [0.25, 0.3) is 0 Å². The first-order chi connectivity index (χ1) is 9.29. The van der Waals surface area contributed by atoms with Crippen LogP contribution in [-0.2, 0) is 9.53 Å². The number of amides is 1. The molecule has 19 heavy (non-hydrogen) atoms. The van der Waals surface area contributed by atoms with Gasteiger partial charge in [0.05, 0.1) is 12.1 Å². The minimum absolute atomic E-state index is 0.0607. The molecular weight excluding hydrogens is 240 g/mol.